The SMILES string of the molecule is Cc1ccc(C(=O)OCC(=O)NCc2cccc(Cl)c2)s1. The Morgan fingerprint density at radius 3 is 2.76 bits per heavy atom. The molecule has 1 N–H and O–H groups in total. The van der Waals surface area contributed by atoms with E-state index < -0.39 is 5.97 Å². The summed E-state index contributed by atoms with van der Waals surface area (Å²) in [6.07, 6.45) is 0. The van der Waals surface area contributed by atoms with Crippen LogP contribution >= 0.6 is 22.9 Å². The Kier molecular flexibility index (Phi) is 5.36. The average molecular weight is 324 g/mol. The Labute approximate surface area is 131 Å². The number of rotatable bonds is 5. The number of ether oxygens (including phenoxy) is 1. The highest BCUT2D eigenvalue weighted by atomic mass is 35.5. The highest BCUT2D eigenvalue weighted by Crippen LogP contribution is 2.15. The van der Waals surface area contributed by atoms with E-state index in [0.717, 1.165) is 10.4 Å². The highest BCUT2D eigenvalue weighted by molar-refractivity contribution is 7.13. The van der Waals surface area contributed by atoms with Gasteiger partial charge in [-0.05, 0) is 36.8 Å². The lowest BCUT2D eigenvalue weighted by Gasteiger charge is -2.06. The van der Waals surface area contributed by atoms with Gasteiger partial charge in [-0.3, -0.25) is 4.79 Å². The number of esters is 1. The third-order valence-corrected chi connectivity index (χ3v) is 3.87. The van der Waals surface area contributed by atoms with Crippen molar-refractivity contribution in [2.45, 2.75) is 13.5 Å². The lowest BCUT2D eigenvalue weighted by atomic mass is 10.2. The van der Waals surface area contributed by atoms with Crippen LogP contribution in [0.15, 0.2) is 36.4 Å². The van der Waals surface area contributed by atoms with Gasteiger partial charge in [-0.2, -0.15) is 0 Å². The molecule has 0 bridgehead atoms. The molecule has 21 heavy (non-hydrogen) atoms. The van der Waals surface area contributed by atoms with Gasteiger partial charge in [0.15, 0.2) is 6.61 Å². The smallest absolute Gasteiger partial charge is 0.348 e. The van der Waals surface area contributed by atoms with Crippen LogP contribution < -0.4 is 5.32 Å². The highest BCUT2D eigenvalue weighted by Gasteiger charge is 2.11. The minimum Gasteiger partial charge on any atom is -0.451 e. The number of hydrogen-bond donors (Lipinski definition) is 1. The van der Waals surface area contributed by atoms with Crippen LogP contribution in [0.3, 0.4) is 0 Å². The molecule has 2 rings (SSSR count). The molecule has 0 aliphatic heterocycles. The maximum Gasteiger partial charge on any atom is 0.348 e. The number of amides is 1. The maximum atomic E-state index is 11.7. The Bertz CT molecular complexity index is 654. The van der Waals surface area contributed by atoms with E-state index in [-0.39, 0.29) is 12.5 Å². The molecule has 0 fully saturated rings. The molecule has 110 valence electrons. The van der Waals surface area contributed by atoms with E-state index in [1.807, 2.05) is 25.1 Å². The largest absolute Gasteiger partial charge is 0.451 e. The summed E-state index contributed by atoms with van der Waals surface area (Å²) in [7, 11) is 0. The minimum absolute atomic E-state index is 0.295. The second-order valence-electron chi connectivity index (χ2n) is 4.39. The first-order valence-corrected chi connectivity index (χ1v) is 7.49. The quantitative estimate of drug-likeness (QED) is 0.860. The first kappa shape index (κ1) is 15.5. The normalized spacial score (nSPS) is 10.2. The van der Waals surface area contributed by atoms with E-state index in [4.69, 9.17) is 16.3 Å². The predicted octanol–water partition coefficient (Wildman–Crippen LogP) is 3.18. The van der Waals surface area contributed by atoms with Crippen LogP contribution in [0, 0.1) is 6.92 Å². The second-order valence-corrected chi connectivity index (χ2v) is 6.12. The van der Waals surface area contributed by atoms with E-state index in [2.05, 4.69) is 5.32 Å². The summed E-state index contributed by atoms with van der Waals surface area (Å²) in [5, 5.41) is 3.28. The summed E-state index contributed by atoms with van der Waals surface area (Å²) in [5.74, 6) is -0.831. The Morgan fingerprint density at radius 2 is 2.10 bits per heavy atom. The maximum absolute atomic E-state index is 11.7. The predicted molar refractivity (Wildman–Crippen MR) is 82.6 cm³/mol. The van der Waals surface area contributed by atoms with E-state index in [1.54, 1.807) is 18.2 Å². The molecule has 1 amide bonds. The molecule has 0 radical (unpaired) electrons. The van der Waals surface area contributed by atoms with Crippen molar-refractivity contribution in [2.75, 3.05) is 6.61 Å². The zero-order valence-corrected chi connectivity index (χ0v) is 13.0. The molecule has 2 aromatic rings. The third kappa shape index (κ3) is 4.88. The topological polar surface area (TPSA) is 55.4 Å². The van der Waals surface area contributed by atoms with E-state index in [1.165, 1.54) is 11.3 Å². The van der Waals surface area contributed by atoms with Crippen molar-refractivity contribution < 1.29 is 14.3 Å². The number of aryl methyl sites for hydroxylation is 1. The van der Waals surface area contributed by atoms with Gasteiger partial charge in [-0.25, -0.2) is 4.79 Å². The summed E-state index contributed by atoms with van der Waals surface area (Å²) in [6, 6.07) is 10.7. The number of carbonyl (C=O) groups is 2. The van der Waals surface area contributed by atoms with Gasteiger partial charge in [-0.1, -0.05) is 23.7 Å². The Morgan fingerprint density at radius 1 is 1.29 bits per heavy atom. The van der Waals surface area contributed by atoms with Crippen molar-refractivity contribution in [3.8, 4) is 0 Å². The van der Waals surface area contributed by atoms with Crippen LogP contribution in [-0.4, -0.2) is 18.5 Å². The molecule has 0 aliphatic rings. The molecular formula is C15H14ClNO3S. The molecule has 0 spiro atoms. The molecular weight excluding hydrogens is 310 g/mol. The summed E-state index contributed by atoms with van der Waals surface area (Å²) < 4.78 is 4.95. The Hall–Kier alpha value is -1.85. The fraction of sp³-hybridized carbons (Fsp3) is 0.200. The number of halogens is 1. The van der Waals surface area contributed by atoms with Gasteiger partial charge in [-0.15, -0.1) is 11.3 Å². The van der Waals surface area contributed by atoms with Crippen molar-refractivity contribution in [2.24, 2.45) is 0 Å². The van der Waals surface area contributed by atoms with E-state index >= 15 is 0 Å². The molecule has 1 aromatic carbocycles. The minimum atomic E-state index is -0.481. The van der Waals surface area contributed by atoms with E-state index in [9.17, 15) is 9.59 Å². The van der Waals surface area contributed by atoms with Gasteiger partial charge in [0, 0.05) is 16.4 Å². The molecule has 6 heteroatoms. The van der Waals surface area contributed by atoms with Crippen molar-refractivity contribution in [1.82, 2.24) is 5.32 Å². The monoisotopic (exact) mass is 323 g/mol. The first-order valence-electron chi connectivity index (χ1n) is 6.29. The average Bonchev–Trinajstić information content (AvgIpc) is 2.89. The van der Waals surface area contributed by atoms with Crippen LogP contribution in [-0.2, 0) is 16.1 Å². The zero-order chi connectivity index (χ0) is 15.2. The lowest BCUT2D eigenvalue weighted by molar-refractivity contribution is -0.124. The van der Waals surface area contributed by atoms with Crippen molar-refractivity contribution in [1.29, 1.82) is 0 Å². The summed E-state index contributed by atoms with van der Waals surface area (Å²) in [5.41, 5.74) is 0.885. The van der Waals surface area contributed by atoms with Gasteiger partial charge in [0.05, 0.1) is 0 Å². The molecule has 0 atom stereocenters. The molecule has 4 nitrogen and oxygen atoms in total. The molecule has 0 unspecified atom stereocenters. The molecule has 0 saturated carbocycles. The van der Waals surface area contributed by atoms with Crippen LogP contribution in [0.5, 0.6) is 0 Å². The molecule has 0 aliphatic carbocycles. The van der Waals surface area contributed by atoms with Crippen LogP contribution in [0.2, 0.25) is 5.02 Å². The molecule has 1 aromatic heterocycles. The van der Waals surface area contributed by atoms with E-state index in [0.29, 0.717) is 16.4 Å². The van der Waals surface area contributed by atoms with Gasteiger partial charge in [0.25, 0.3) is 5.91 Å². The number of benzene rings is 1. The number of carbonyl (C=O) groups excluding carboxylic acids is 2. The van der Waals surface area contributed by atoms with Crippen LogP contribution in [0.4, 0.5) is 0 Å². The zero-order valence-electron chi connectivity index (χ0n) is 11.4. The standard InChI is InChI=1S/C15H14ClNO3S/c1-10-5-6-13(21-10)15(19)20-9-14(18)17-8-11-3-2-4-12(16)7-11/h2-7H,8-9H2,1H3,(H,17,18). The van der Waals surface area contributed by atoms with Gasteiger partial charge >= 0.3 is 5.97 Å². The fourth-order valence-corrected chi connectivity index (χ4v) is 2.62. The van der Waals surface area contributed by atoms with Gasteiger partial charge in [0.2, 0.25) is 0 Å². The van der Waals surface area contributed by atoms with Crippen LogP contribution in [0.25, 0.3) is 0 Å². The number of nitrogens with one attached hydrogen (secondary N) is 1. The van der Waals surface area contributed by atoms with Gasteiger partial charge in [0.1, 0.15) is 4.88 Å². The summed E-state index contributed by atoms with van der Waals surface area (Å²) in [6.45, 7) is 1.95. The van der Waals surface area contributed by atoms with Crippen molar-refractivity contribution >= 4 is 34.8 Å². The summed E-state index contributed by atoms with van der Waals surface area (Å²) in [4.78, 5) is 24.8. The lowest BCUT2D eigenvalue weighted by Crippen LogP contribution is -2.28. The van der Waals surface area contributed by atoms with Gasteiger partial charge < -0.3 is 10.1 Å². The third-order valence-electron chi connectivity index (χ3n) is 2.65. The number of hydrogen-bond acceptors (Lipinski definition) is 4. The molecule has 0 saturated heterocycles. The second kappa shape index (κ2) is 7.24. The summed E-state index contributed by atoms with van der Waals surface area (Å²) >= 11 is 7.19. The van der Waals surface area contributed by atoms with Crippen molar-refractivity contribution in [3.63, 3.8) is 0 Å². The van der Waals surface area contributed by atoms with Crippen molar-refractivity contribution in [3.05, 3.63) is 56.7 Å². The molecule has 1 heterocycles. The van der Waals surface area contributed by atoms with Crippen LogP contribution in [0.1, 0.15) is 20.1 Å². The fourth-order valence-electron chi connectivity index (χ4n) is 1.65. The number of thiophene rings is 1. The first-order chi connectivity index (χ1) is 10.0. The Balaban J connectivity index is 1.76.